The predicted octanol–water partition coefficient (Wildman–Crippen LogP) is 7.72. The average Bonchev–Trinajstić information content (AvgIpc) is 3.21. The normalized spacial score (nSPS) is 12.9. The zero-order valence-electron chi connectivity index (χ0n) is 19.4. The zero-order chi connectivity index (χ0) is 24.2. The molecule has 1 atom stereocenters. The van der Waals surface area contributed by atoms with Gasteiger partial charge in [0.1, 0.15) is 10.8 Å². The second kappa shape index (κ2) is 10.7. The molecule has 178 valence electrons. The first-order valence-corrected chi connectivity index (χ1v) is 12.0. The number of nitrogens with zero attached hydrogens (tertiary/aromatic N) is 1. The van der Waals surface area contributed by atoms with Crippen molar-refractivity contribution in [3.63, 3.8) is 0 Å². The lowest BCUT2D eigenvalue weighted by atomic mass is 10.00. The molecule has 1 N–H and O–H groups in total. The van der Waals surface area contributed by atoms with E-state index < -0.39 is 17.8 Å². The van der Waals surface area contributed by atoms with Gasteiger partial charge in [-0.05, 0) is 67.5 Å². The standard InChI is InChI=1S/C26H30F3NO2S/c1-5-14-32-22-12-8-19(15-17(22)4)21(31)11-13-23-24(16(2)3)30-25(33-23)18-6-9-20(10-7-18)26(27,28)29/h6-10,12,15-16,21,31H,5,11,13-14H2,1-4H3/t21-/m1/s1. The third-order valence-electron chi connectivity index (χ3n) is 5.42. The number of thiazole rings is 1. The Bertz CT molecular complexity index is 1060. The fourth-order valence-electron chi connectivity index (χ4n) is 3.61. The van der Waals surface area contributed by atoms with Crippen molar-refractivity contribution in [2.45, 2.75) is 65.2 Å². The van der Waals surface area contributed by atoms with Crippen molar-refractivity contribution in [1.82, 2.24) is 4.98 Å². The fourth-order valence-corrected chi connectivity index (χ4v) is 4.84. The summed E-state index contributed by atoms with van der Waals surface area (Å²) in [5.74, 6) is 1.01. The second-order valence-electron chi connectivity index (χ2n) is 8.49. The molecule has 3 aromatic rings. The first-order chi connectivity index (χ1) is 15.6. The molecule has 33 heavy (non-hydrogen) atoms. The predicted molar refractivity (Wildman–Crippen MR) is 127 cm³/mol. The number of aliphatic hydroxyl groups is 1. The summed E-state index contributed by atoms with van der Waals surface area (Å²) >= 11 is 1.48. The molecule has 1 heterocycles. The van der Waals surface area contributed by atoms with Crippen molar-refractivity contribution in [2.24, 2.45) is 0 Å². The maximum Gasteiger partial charge on any atom is 0.416 e. The van der Waals surface area contributed by atoms with Crippen LogP contribution in [0.25, 0.3) is 10.6 Å². The molecule has 0 amide bonds. The van der Waals surface area contributed by atoms with E-state index in [1.54, 1.807) is 0 Å². The molecule has 0 aliphatic heterocycles. The maximum absolute atomic E-state index is 12.9. The minimum Gasteiger partial charge on any atom is -0.493 e. The second-order valence-corrected chi connectivity index (χ2v) is 9.57. The number of aliphatic hydroxyl groups excluding tert-OH is 1. The number of hydrogen-bond donors (Lipinski definition) is 1. The van der Waals surface area contributed by atoms with E-state index in [0.29, 0.717) is 30.0 Å². The van der Waals surface area contributed by atoms with E-state index in [2.05, 4.69) is 6.92 Å². The number of alkyl halides is 3. The number of halogens is 3. The van der Waals surface area contributed by atoms with Gasteiger partial charge in [-0.1, -0.05) is 39.0 Å². The Morgan fingerprint density at radius 2 is 1.79 bits per heavy atom. The summed E-state index contributed by atoms with van der Waals surface area (Å²) < 4.78 is 44.3. The van der Waals surface area contributed by atoms with Crippen LogP contribution in [0.2, 0.25) is 0 Å². The molecular weight excluding hydrogens is 447 g/mol. The Morgan fingerprint density at radius 1 is 1.09 bits per heavy atom. The SMILES string of the molecule is CCCOc1ccc([C@H](O)CCc2sc(-c3ccc(C(F)(F)F)cc3)nc2C(C)C)cc1C. The molecule has 0 fully saturated rings. The van der Waals surface area contributed by atoms with E-state index in [9.17, 15) is 18.3 Å². The summed E-state index contributed by atoms with van der Waals surface area (Å²) in [5.41, 5.74) is 2.76. The molecular formula is C26H30F3NO2S. The Morgan fingerprint density at radius 3 is 2.36 bits per heavy atom. The molecule has 7 heteroatoms. The summed E-state index contributed by atoms with van der Waals surface area (Å²) in [6, 6.07) is 10.9. The Balaban J connectivity index is 1.74. The molecule has 0 aliphatic carbocycles. The van der Waals surface area contributed by atoms with Crippen LogP contribution in [0.4, 0.5) is 13.2 Å². The number of hydrogen-bond acceptors (Lipinski definition) is 4. The maximum atomic E-state index is 12.9. The summed E-state index contributed by atoms with van der Waals surface area (Å²) in [6.07, 6.45) is -2.88. The highest BCUT2D eigenvalue weighted by atomic mass is 32.1. The van der Waals surface area contributed by atoms with Crippen LogP contribution in [-0.4, -0.2) is 16.7 Å². The highest BCUT2D eigenvalue weighted by Gasteiger charge is 2.30. The van der Waals surface area contributed by atoms with Crippen molar-refractivity contribution in [2.75, 3.05) is 6.61 Å². The van der Waals surface area contributed by atoms with E-state index in [4.69, 9.17) is 9.72 Å². The molecule has 3 rings (SSSR count). The number of ether oxygens (including phenoxy) is 1. The summed E-state index contributed by atoms with van der Waals surface area (Å²) in [4.78, 5) is 5.77. The third kappa shape index (κ3) is 6.36. The molecule has 0 radical (unpaired) electrons. The lowest BCUT2D eigenvalue weighted by Crippen LogP contribution is -2.03. The van der Waals surface area contributed by atoms with Crippen LogP contribution < -0.4 is 4.74 Å². The molecule has 0 bridgehead atoms. The van der Waals surface area contributed by atoms with E-state index in [1.807, 2.05) is 39.0 Å². The van der Waals surface area contributed by atoms with Gasteiger partial charge in [0.25, 0.3) is 0 Å². The highest BCUT2D eigenvalue weighted by molar-refractivity contribution is 7.15. The van der Waals surface area contributed by atoms with Gasteiger partial charge >= 0.3 is 6.18 Å². The van der Waals surface area contributed by atoms with E-state index in [-0.39, 0.29) is 5.92 Å². The number of aromatic nitrogens is 1. The number of benzene rings is 2. The van der Waals surface area contributed by atoms with Crippen LogP contribution in [0.5, 0.6) is 5.75 Å². The van der Waals surface area contributed by atoms with E-state index >= 15 is 0 Å². The summed E-state index contributed by atoms with van der Waals surface area (Å²) in [7, 11) is 0. The van der Waals surface area contributed by atoms with Crippen LogP contribution in [0.1, 0.15) is 72.9 Å². The molecule has 0 unspecified atom stereocenters. The van der Waals surface area contributed by atoms with Crippen molar-refractivity contribution < 1.29 is 23.0 Å². The van der Waals surface area contributed by atoms with Crippen LogP contribution in [0.3, 0.4) is 0 Å². The van der Waals surface area contributed by atoms with Crippen LogP contribution in [0, 0.1) is 6.92 Å². The first kappa shape index (κ1) is 25.2. The van der Waals surface area contributed by atoms with Gasteiger partial charge in [-0.25, -0.2) is 4.98 Å². The Labute approximate surface area is 197 Å². The minimum atomic E-state index is -4.36. The van der Waals surface area contributed by atoms with Crippen LogP contribution >= 0.6 is 11.3 Å². The lowest BCUT2D eigenvalue weighted by Gasteiger charge is -2.14. The van der Waals surface area contributed by atoms with E-state index in [1.165, 1.54) is 23.5 Å². The van der Waals surface area contributed by atoms with Crippen molar-refractivity contribution in [1.29, 1.82) is 0 Å². The molecule has 0 saturated heterocycles. The fraction of sp³-hybridized carbons (Fsp3) is 0.423. The quantitative estimate of drug-likeness (QED) is 0.343. The van der Waals surface area contributed by atoms with Gasteiger partial charge in [0.05, 0.1) is 24.0 Å². The molecule has 0 aliphatic rings. The minimum absolute atomic E-state index is 0.175. The molecule has 2 aromatic carbocycles. The van der Waals surface area contributed by atoms with Crippen molar-refractivity contribution in [3.8, 4) is 16.3 Å². The highest BCUT2D eigenvalue weighted by Crippen LogP contribution is 2.36. The molecule has 0 saturated carbocycles. The zero-order valence-corrected chi connectivity index (χ0v) is 20.2. The van der Waals surface area contributed by atoms with E-state index in [0.717, 1.165) is 46.0 Å². The summed E-state index contributed by atoms with van der Waals surface area (Å²) in [5, 5.41) is 11.5. The monoisotopic (exact) mass is 477 g/mol. The Hall–Kier alpha value is -2.38. The van der Waals surface area contributed by atoms with Crippen molar-refractivity contribution >= 4 is 11.3 Å². The van der Waals surface area contributed by atoms with Gasteiger partial charge in [-0.3, -0.25) is 0 Å². The van der Waals surface area contributed by atoms with Gasteiger partial charge in [-0.2, -0.15) is 13.2 Å². The van der Waals surface area contributed by atoms with Crippen LogP contribution in [-0.2, 0) is 12.6 Å². The summed E-state index contributed by atoms with van der Waals surface area (Å²) in [6.45, 7) is 8.78. The van der Waals surface area contributed by atoms with Gasteiger partial charge < -0.3 is 9.84 Å². The molecule has 1 aromatic heterocycles. The lowest BCUT2D eigenvalue weighted by molar-refractivity contribution is -0.137. The van der Waals surface area contributed by atoms with Gasteiger partial charge in [0.15, 0.2) is 0 Å². The first-order valence-electron chi connectivity index (χ1n) is 11.2. The van der Waals surface area contributed by atoms with Crippen molar-refractivity contribution in [3.05, 3.63) is 69.7 Å². The number of aryl methyl sites for hydroxylation is 2. The topological polar surface area (TPSA) is 42.4 Å². The third-order valence-corrected chi connectivity index (χ3v) is 6.60. The van der Waals surface area contributed by atoms with Gasteiger partial charge in [-0.15, -0.1) is 11.3 Å². The molecule has 3 nitrogen and oxygen atoms in total. The molecule has 0 spiro atoms. The smallest absolute Gasteiger partial charge is 0.416 e. The number of rotatable bonds is 9. The Kier molecular flexibility index (Phi) is 8.19. The van der Waals surface area contributed by atoms with Gasteiger partial charge in [0, 0.05) is 10.4 Å². The van der Waals surface area contributed by atoms with Gasteiger partial charge in [0.2, 0.25) is 0 Å². The van der Waals surface area contributed by atoms with Crippen LogP contribution in [0.15, 0.2) is 42.5 Å². The largest absolute Gasteiger partial charge is 0.493 e. The average molecular weight is 478 g/mol.